The Morgan fingerprint density at radius 2 is 2.35 bits per heavy atom. The second-order valence-electron chi connectivity index (χ2n) is 3.83. The minimum atomic E-state index is -0.243. The molecule has 90 valence electrons. The maximum atomic E-state index is 11.8. The van der Waals surface area contributed by atoms with Gasteiger partial charge in [-0.15, -0.1) is 0 Å². The summed E-state index contributed by atoms with van der Waals surface area (Å²) >= 11 is 0. The van der Waals surface area contributed by atoms with Gasteiger partial charge in [0.2, 0.25) is 0 Å². The molecule has 0 aliphatic rings. The van der Waals surface area contributed by atoms with Gasteiger partial charge >= 0.3 is 0 Å². The van der Waals surface area contributed by atoms with Gasteiger partial charge in [-0.3, -0.25) is 9.59 Å². The molecule has 0 fully saturated rings. The van der Waals surface area contributed by atoms with E-state index in [9.17, 15) is 9.59 Å². The van der Waals surface area contributed by atoms with Gasteiger partial charge in [0.1, 0.15) is 11.8 Å². The fourth-order valence-electron chi connectivity index (χ4n) is 1.73. The summed E-state index contributed by atoms with van der Waals surface area (Å²) in [5.41, 5.74) is 1.30. The number of rotatable bonds is 3. The van der Waals surface area contributed by atoms with Crippen LogP contribution in [0.4, 0.5) is 0 Å². The summed E-state index contributed by atoms with van der Waals surface area (Å²) < 4.78 is 1.43. The van der Waals surface area contributed by atoms with E-state index in [0.29, 0.717) is 23.2 Å². The molecule has 6 heteroatoms. The molecule has 0 unspecified atom stereocenters. The zero-order valence-electron chi connectivity index (χ0n) is 9.78. The van der Waals surface area contributed by atoms with Crippen molar-refractivity contribution in [3.05, 3.63) is 34.0 Å². The van der Waals surface area contributed by atoms with E-state index in [1.165, 1.54) is 10.8 Å². The molecule has 2 aromatic heterocycles. The predicted octanol–water partition coefficient (Wildman–Crippen LogP) is 0.471. The largest absolute Gasteiger partial charge is 0.352 e. The third-order valence-corrected chi connectivity index (χ3v) is 2.61. The van der Waals surface area contributed by atoms with Gasteiger partial charge in [-0.2, -0.15) is 5.10 Å². The number of fused-ring (bicyclic) bond motifs is 1. The molecule has 0 aliphatic carbocycles. The van der Waals surface area contributed by atoms with Crippen molar-refractivity contribution >= 4 is 11.4 Å². The lowest BCUT2D eigenvalue weighted by Gasteiger charge is -2.01. The topological polar surface area (TPSA) is 79.3 Å². The van der Waals surface area contributed by atoms with Crippen molar-refractivity contribution in [1.29, 1.82) is 0 Å². The fourth-order valence-corrected chi connectivity index (χ4v) is 1.73. The Balaban J connectivity index is 2.49. The summed E-state index contributed by atoms with van der Waals surface area (Å²) in [6.45, 7) is 4.34. The van der Waals surface area contributed by atoms with Gasteiger partial charge in [0.05, 0.1) is 5.56 Å². The molecule has 0 bridgehead atoms. The molecule has 0 aromatic carbocycles. The summed E-state index contributed by atoms with van der Waals surface area (Å²) in [7, 11) is 0. The van der Waals surface area contributed by atoms with Crippen molar-refractivity contribution in [2.75, 3.05) is 6.54 Å². The molecule has 2 aromatic rings. The number of carbonyl (C=O) groups is 1. The lowest BCUT2D eigenvalue weighted by atomic mass is 10.2. The van der Waals surface area contributed by atoms with Crippen molar-refractivity contribution in [2.45, 2.75) is 20.3 Å². The molecule has 0 atom stereocenters. The first-order valence-electron chi connectivity index (χ1n) is 5.49. The average Bonchev–Trinajstić information content (AvgIpc) is 2.65. The van der Waals surface area contributed by atoms with Gasteiger partial charge in [-0.25, -0.2) is 4.52 Å². The van der Waals surface area contributed by atoms with E-state index in [1.807, 2.05) is 6.92 Å². The highest BCUT2D eigenvalue weighted by molar-refractivity contribution is 5.97. The van der Waals surface area contributed by atoms with Crippen molar-refractivity contribution in [3.8, 4) is 0 Å². The predicted molar refractivity (Wildman–Crippen MR) is 63.2 cm³/mol. The number of nitrogens with one attached hydrogen (secondary N) is 2. The molecule has 1 amide bonds. The van der Waals surface area contributed by atoms with Crippen molar-refractivity contribution in [3.63, 3.8) is 0 Å². The molecule has 2 heterocycles. The van der Waals surface area contributed by atoms with Crippen LogP contribution in [0.15, 0.2) is 17.3 Å². The number of aromatic nitrogens is 3. The van der Waals surface area contributed by atoms with Gasteiger partial charge in [-0.1, -0.05) is 6.92 Å². The first kappa shape index (κ1) is 11.4. The van der Waals surface area contributed by atoms with Crippen molar-refractivity contribution in [2.24, 2.45) is 0 Å². The van der Waals surface area contributed by atoms with Crippen LogP contribution in [0, 0.1) is 6.92 Å². The normalized spacial score (nSPS) is 10.7. The molecular formula is C11H14N4O2. The number of aryl methyl sites for hydroxylation is 1. The van der Waals surface area contributed by atoms with Gasteiger partial charge in [0.25, 0.3) is 11.5 Å². The summed E-state index contributed by atoms with van der Waals surface area (Å²) in [4.78, 5) is 25.9. The second-order valence-corrected chi connectivity index (χ2v) is 3.83. The Morgan fingerprint density at radius 1 is 1.59 bits per heavy atom. The molecular weight excluding hydrogens is 220 g/mol. The first-order chi connectivity index (χ1) is 8.15. The van der Waals surface area contributed by atoms with Crippen LogP contribution in [0.5, 0.6) is 0 Å². The first-order valence-corrected chi connectivity index (χ1v) is 5.49. The van der Waals surface area contributed by atoms with Crippen molar-refractivity contribution in [1.82, 2.24) is 19.9 Å². The van der Waals surface area contributed by atoms with Gasteiger partial charge in [0.15, 0.2) is 0 Å². The van der Waals surface area contributed by atoms with Gasteiger partial charge < -0.3 is 10.3 Å². The number of hydrogen-bond donors (Lipinski definition) is 2. The van der Waals surface area contributed by atoms with Crippen LogP contribution in [-0.4, -0.2) is 27.0 Å². The molecule has 6 nitrogen and oxygen atoms in total. The smallest absolute Gasteiger partial charge is 0.275 e. The zero-order valence-corrected chi connectivity index (χ0v) is 9.78. The number of hydrogen-bond acceptors (Lipinski definition) is 3. The summed E-state index contributed by atoms with van der Waals surface area (Å²) in [6.07, 6.45) is 3.75. The van der Waals surface area contributed by atoms with Crippen LogP contribution in [0.3, 0.4) is 0 Å². The number of amides is 1. The fraction of sp³-hybridized carbons (Fsp3) is 0.364. The highest BCUT2D eigenvalue weighted by Crippen LogP contribution is 2.12. The number of carbonyl (C=O) groups excluding carboxylic acids is 1. The van der Waals surface area contributed by atoms with Crippen LogP contribution < -0.4 is 10.9 Å². The lowest BCUT2D eigenvalue weighted by molar-refractivity contribution is 0.0953. The van der Waals surface area contributed by atoms with E-state index in [2.05, 4.69) is 15.4 Å². The lowest BCUT2D eigenvalue weighted by Crippen LogP contribution is -2.24. The minimum Gasteiger partial charge on any atom is -0.352 e. The van der Waals surface area contributed by atoms with Crippen molar-refractivity contribution < 1.29 is 4.79 Å². The standard InChI is InChI=1S/C11H14N4O2/c1-3-4-12-10(16)8-5-15-9(7(8)2)11(17)13-6-14-15/h5-6H,3-4H2,1-2H3,(H,12,16)(H,13,14,17). The Morgan fingerprint density at radius 3 is 3.00 bits per heavy atom. The maximum absolute atomic E-state index is 11.8. The highest BCUT2D eigenvalue weighted by Gasteiger charge is 2.15. The molecule has 2 N–H and O–H groups in total. The minimum absolute atomic E-state index is 0.172. The molecule has 0 aliphatic heterocycles. The van der Waals surface area contributed by atoms with E-state index in [1.54, 1.807) is 13.1 Å². The van der Waals surface area contributed by atoms with Crippen LogP contribution in [0.25, 0.3) is 5.52 Å². The average molecular weight is 234 g/mol. The molecule has 2 rings (SSSR count). The number of H-pyrrole nitrogens is 1. The highest BCUT2D eigenvalue weighted by atomic mass is 16.1. The van der Waals surface area contributed by atoms with E-state index < -0.39 is 0 Å². The van der Waals surface area contributed by atoms with E-state index >= 15 is 0 Å². The summed E-state index contributed by atoms with van der Waals surface area (Å²) in [5, 5.41) is 6.74. The molecule has 17 heavy (non-hydrogen) atoms. The number of nitrogens with zero attached hydrogens (tertiary/aromatic N) is 2. The maximum Gasteiger partial charge on any atom is 0.275 e. The van der Waals surface area contributed by atoms with Crippen LogP contribution >= 0.6 is 0 Å². The summed E-state index contributed by atoms with van der Waals surface area (Å²) in [5.74, 6) is -0.172. The van der Waals surface area contributed by atoms with Crippen LogP contribution in [0.2, 0.25) is 0 Å². The second kappa shape index (κ2) is 4.40. The van der Waals surface area contributed by atoms with Crippen LogP contribution in [-0.2, 0) is 0 Å². The summed E-state index contributed by atoms with van der Waals surface area (Å²) in [6, 6.07) is 0. The Labute approximate surface area is 97.7 Å². The zero-order chi connectivity index (χ0) is 12.4. The third-order valence-electron chi connectivity index (χ3n) is 2.61. The van der Waals surface area contributed by atoms with Gasteiger partial charge in [-0.05, 0) is 18.9 Å². The number of aromatic amines is 1. The molecule has 0 radical (unpaired) electrons. The third kappa shape index (κ3) is 1.93. The quantitative estimate of drug-likeness (QED) is 0.810. The van der Waals surface area contributed by atoms with E-state index in [-0.39, 0.29) is 11.5 Å². The molecule has 0 saturated carbocycles. The Hall–Kier alpha value is -2.11. The molecule has 0 saturated heterocycles. The van der Waals surface area contributed by atoms with E-state index in [0.717, 1.165) is 6.42 Å². The van der Waals surface area contributed by atoms with E-state index in [4.69, 9.17) is 0 Å². The SMILES string of the molecule is CCCNC(=O)c1cn2nc[nH]c(=O)c2c1C. The van der Waals surface area contributed by atoms with Gasteiger partial charge in [0, 0.05) is 12.7 Å². The monoisotopic (exact) mass is 234 g/mol. The molecule has 0 spiro atoms. The Kier molecular flexibility index (Phi) is 2.95. The Bertz CT molecular complexity index is 611. The van der Waals surface area contributed by atoms with Crippen LogP contribution in [0.1, 0.15) is 29.3 Å².